The Labute approximate surface area is 344 Å². The second-order valence-corrected chi connectivity index (χ2v) is 16.8. The minimum atomic E-state index is -1.88. The minimum Gasteiger partial charge on any atom is -0.507 e. The molecule has 13 heteroatoms. The molecule has 1 amide bonds. The van der Waals surface area contributed by atoms with Crippen molar-refractivity contribution in [2.75, 3.05) is 19.0 Å². The topological polar surface area (TPSA) is 190 Å². The molecule has 59 heavy (non-hydrogen) atoms. The first-order valence-corrected chi connectivity index (χ1v) is 20.2. The monoisotopic (exact) mass is 811 g/mol. The summed E-state index contributed by atoms with van der Waals surface area (Å²) in [6.45, 7) is 15.6. The fourth-order valence-corrected chi connectivity index (χ4v) is 8.41. The van der Waals surface area contributed by atoms with Crippen LogP contribution in [0.5, 0.6) is 11.5 Å². The Morgan fingerprint density at radius 3 is 2.29 bits per heavy atom. The molecule has 3 aliphatic heterocycles. The number of amides is 1. The average Bonchev–Trinajstić information content (AvgIpc) is 3.47. The molecular weight excluding hydrogens is 755 g/mol. The van der Waals surface area contributed by atoms with Gasteiger partial charge in [-0.2, -0.15) is 0 Å². The molecule has 13 nitrogen and oxygen atoms in total. The van der Waals surface area contributed by atoms with Gasteiger partial charge in [0.25, 0.3) is 11.7 Å². The highest BCUT2D eigenvalue weighted by Gasteiger charge is 2.49. The van der Waals surface area contributed by atoms with Crippen molar-refractivity contribution in [2.45, 2.75) is 98.4 Å². The van der Waals surface area contributed by atoms with Crippen molar-refractivity contribution in [1.29, 1.82) is 0 Å². The number of allylic oxidation sites excluding steroid dienone is 2. The number of aliphatic hydroxyl groups excluding tert-OH is 3. The molecule has 0 radical (unpaired) electrons. The summed E-state index contributed by atoms with van der Waals surface area (Å²) in [7, 11) is 3.25. The summed E-state index contributed by atoms with van der Waals surface area (Å²) in [6.07, 6.45) is 4.52. The van der Waals surface area contributed by atoms with Crippen LogP contribution in [0.2, 0.25) is 0 Å². The third-order valence-electron chi connectivity index (χ3n) is 12.5. The maximum absolute atomic E-state index is 14.8. The number of nitrogens with one attached hydrogen (secondary N) is 1. The summed E-state index contributed by atoms with van der Waals surface area (Å²) in [4.78, 5) is 48.4. The van der Waals surface area contributed by atoms with Gasteiger partial charge in [0, 0.05) is 61.3 Å². The number of rotatable bonds is 2. The molecule has 0 saturated carbocycles. The van der Waals surface area contributed by atoms with Crippen molar-refractivity contribution >= 4 is 39.2 Å². The highest BCUT2D eigenvalue weighted by molar-refractivity contribution is 6.22. The van der Waals surface area contributed by atoms with Crippen molar-refractivity contribution < 1.29 is 44.2 Å². The first-order chi connectivity index (χ1) is 27.7. The Kier molecular flexibility index (Phi) is 12.3. The fraction of sp³-hybridized carbons (Fsp3) is 0.478. The number of methoxy groups -OCH3 is 1. The zero-order valence-corrected chi connectivity index (χ0v) is 35.7. The molecule has 2 aromatic rings. The quantitative estimate of drug-likeness (QED) is 0.0870. The second kappa shape index (κ2) is 16.6. The first kappa shape index (κ1) is 43.7. The van der Waals surface area contributed by atoms with Gasteiger partial charge in [-0.05, 0) is 37.5 Å². The molecule has 0 spiro atoms. The van der Waals surface area contributed by atoms with Gasteiger partial charge in [-0.1, -0.05) is 78.0 Å². The number of fused-ring (bicyclic) bond motifs is 2. The van der Waals surface area contributed by atoms with Crippen LogP contribution >= 0.6 is 0 Å². The number of aromatic hydroxyl groups is 1. The Hall–Kier alpha value is -4.92. The van der Waals surface area contributed by atoms with Gasteiger partial charge in [-0.3, -0.25) is 14.4 Å². The van der Waals surface area contributed by atoms with Gasteiger partial charge < -0.3 is 44.5 Å². The lowest BCUT2D eigenvalue weighted by Crippen LogP contribution is -2.44. The standard InChI is InChI=1S/C46H57N3O10/c1-21(2)28-17-18-29-30(20-28)49(10)37-35(47-29)32-33-41(53)27(8)43-34(32)44(55)46(9,59-43)58-19-13-16-31(57-11)24(5)39(51)26(7)40(52)25(6)38(50)22(3)14-12-15-23(4)45(56)48-36(37)42(33)54/h12-18,20-22,24-26,31,38-40,50-53H,19H2,1-11H3,(H,48,56)/b14-12+,16-13+,23-15-/t22-,24+,25+,26-,31-,38-,39+,40+,46-/m0/s1. The Balaban J connectivity index is 1.59. The molecule has 0 aromatic heterocycles. The van der Waals surface area contributed by atoms with Gasteiger partial charge in [-0.25, -0.2) is 4.98 Å². The number of ether oxygens (including phenoxy) is 3. The highest BCUT2D eigenvalue weighted by atomic mass is 16.7. The SMILES string of the molecule is CO[C@H]1/C=C/CO[C@@]2(C)Oc3c(C)c(O)c4c(=O)c(c5n(C)c6cc(C(C)C)ccc6nc-5c4c3C2=O)NC(=O)/C(C)=C\C=C\[C@H](C)[C@H](O)[C@@H](C)[C@@H](O)[C@@H](C)[C@H](O)[C@@H]1C. The number of aryl methyl sites for hydroxylation is 1. The van der Waals surface area contributed by atoms with Crippen molar-refractivity contribution in [1.82, 2.24) is 9.55 Å². The maximum Gasteiger partial charge on any atom is 0.272 e. The van der Waals surface area contributed by atoms with Crippen molar-refractivity contribution in [2.24, 2.45) is 30.7 Å². The summed E-state index contributed by atoms with van der Waals surface area (Å²) in [5, 5.41) is 48.4. The fourth-order valence-electron chi connectivity index (χ4n) is 8.41. The van der Waals surface area contributed by atoms with E-state index in [2.05, 4.69) is 19.2 Å². The van der Waals surface area contributed by atoms with E-state index in [9.17, 15) is 34.8 Å². The van der Waals surface area contributed by atoms with E-state index in [1.807, 2.05) is 18.2 Å². The van der Waals surface area contributed by atoms with Crippen LogP contribution in [0.15, 0.2) is 58.9 Å². The van der Waals surface area contributed by atoms with E-state index in [4.69, 9.17) is 19.2 Å². The maximum atomic E-state index is 14.8. The smallest absolute Gasteiger partial charge is 0.272 e. The van der Waals surface area contributed by atoms with E-state index >= 15 is 0 Å². The normalized spacial score (nSPS) is 30.7. The molecule has 2 aromatic carbocycles. The molecule has 0 fully saturated rings. The van der Waals surface area contributed by atoms with Crippen molar-refractivity contribution in [3.63, 3.8) is 0 Å². The summed E-state index contributed by atoms with van der Waals surface area (Å²) in [5.41, 5.74) is 2.18. The number of hydrogen-bond donors (Lipinski definition) is 5. The largest absolute Gasteiger partial charge is 0.507 e. The number of ketones is 1. The van der Waals surface area contributed by atoms with E-state index in [0.717, 1.165) is 5.56 Å². The van der Waals surface area contributed by atoms with E-state index < -0.39 is 76.7 Å². The van der Waals surface area contributed by atoms with Crippen LogP contribution in [0.3, 0.4) is 0 Å². The Bertz CT molecular complexity index is 2430. The number of aromatic nitrogens is 2. The molecule has 1 aliphatic carbocycles. The molecule has 0 saturated heterocycles. The molecular formula is C46H57N3O10. The minimum absolute atomic E-state index is 0.0173. The lowest BCUT2D eigenvalue weighted by molar-refractivity contribution is -0.118. The predicted octanol–water partition coefficient (Wildman–Crippen LogP) is 6.29. The summed E-state index contributed by atoms with van der Waals surface area (Å²) >= 11 is 0. The zero-order valence-electron chi connectivity index (χ0n) is 35.7. The van der Waals surface area contributed by atoms with Gasteiger partial charge >= 0.3 is 0 Å². The number of Topliss-reactive ketones (excluding diaryl/α,β-unsaturated/α-hetero) is 1. The summed E-state index contributed by atoms with van der Waals surface area (Å²) in [5.74, 6) is -5.52. The zero-order chi connectivity index (χ0) is 43.4. The number of aliphatic hydroxyl groups is 3. The average molecular weight is 812 g/mol. The number of anilines is 1. The molecule has 4 aliphatic rings. The number of benzene rings is 3. The van der Waals surface area contributed by atoms with Crippen LogP contribution in [0.4, 0.5) is 5.69 Å². The summed E-state index contributed by atoms with van der Waals surface area (Å²) < 4.78 is 19.9. The van der Waals surface area contributed by atoms with Crippen LogP contribution < -0.4 is 15.5 Å². The van der Waals surface area contributed by atoms with Crippen LogP contribution in [0, 0.1) is 30.6 Å². The third kappa shape index (κ3) is 7.59. The van der Waals surface area contributed by atoms with Crippen LogP contribution in [-0.2, 0) is 21.3 Å². The molecule has 316 valence electrons. The molecule has 5 N–H and O–H groups in total. The van der Waals surface area contributed by atoms with E-state index in [-0.39, 0.29) is 62.8 Å². The van der Waals surface area contributed by atoms with Gasteiger partial charge in [0.1, 0.15) is 17.2 Å². The second-order valence-electron chi connectivity index (χ2n) is 16.8. The van der Waals surface area contributed by atoms with Crippen LogP contribution in [0.1, 0.15) is 82.8 Å². The van der Waals surface area contributed by atoms with E-state index in [1.54, 1.807) is 76.6 Å². The predicted molar refractivity (Wildman–Crippen MR) is 227 cm³/mol. The van der Waals surface area contributed by atoms with Gasteiger partial charge in [-0.15, -0.1) is 0 Å². The summed E-state index contributed by atoms with van der Waals surface area (Å²) in [6, 6.07) is 5.79. The van der Waals surface area contributed by atoms with Gasteiger partial charge in [0.05, 0.1) is 64.4 Å². The van der Waals surface area contributed by atoms with Crippen LogP contribution in [0.25, 0.3) is 33.2 Å². The number of phenols is 1. The molecule has 0 unspecified atom stereocenters. The molecule has 3 heterocycles. The molecule has 9 atom stereocenters. The number of hydrogen-bond acceptors (Lipinski definition) is 11. The van der Waals surface area contributed by atoms with Crippen molar-refractivity contribution in [3.8, 4) is 22.9 Å². The van der Waals surface area contributed by atoms with Crippen molar-refractivity contribution in [3.05, 3.63) is 81.1 Å². The van der Waals surface area contributed by atoms with E-state index in [0.29, 0.717) is 11.0 Å². The van der Waals surface area contributed by atoms with Gasteiger partial charge in [0.15, 0.2) is 0 Å². The first-order valence-electron chi connectivity index (χ1n) is 20.2. The Morgan fingerprint density at radius 1 is 0.966 bits per heavy atom. The number of nitrogens with zero attached hydrogens (tertiary/aromatic N) is 2. The number of carbonyl (C=O) groups is 2. The van der Waals surface area contributed by atoms with Crippen LogP contribution in [-0.4, -0.2) is 85.6 Å². The molecule has 6 rings (SSSR count). The number of carbonyl (C=O) groups excluding carboxylic acids is 2. The van der Waals surface area contributed by atoms with Gasteiger partial charge in [0.2, 0.25) is 11.2 Å². The highest BCUT2D eigenvalue weighted by Crippen LogP contribution is 2.50. The lowest BCUT2D eigenvalue weighted by atomic mass is 9.78. The molecule has 4 bridgehead atoms. The Morgan fingerprint density at radius 2 is 1.63 bits per heavy atom. The third-order valence-corrected chi connectivity index (χ3v) is 12.5. The van der Waals surface area contributed by atoms with E-state index in [1.165, 1.54) is 21.0 Å². The number of phenolic OH excluding ortho intramolecular Hbond substituents is 1. The lowest BCUT2D eigenvalue weighted by Gasteiger charge is -2.36.